The van der Waals surface area contributed by atoms with Gasteiger partial charge in [0.15, 0.2) is 24.0 Å². The second-order valence-corrected chi connectivity index (χ2v) is 34.9. The first-order valence-electron chi connectivity index (χ1n) is 6.48. The Morgan fingerprint density at radius 2 is 1.28 bits per heavy atom. The van der Waals surface area contributed by atoms with Crippen molar-refractivity contribution in [2.45, 2.75) is 58.3 Å². The number of hydrogen-bond acceptors (Lipinski definition) is 3. The second kappa shape index (κ2) is 6.21. The van der Waals surface area contributed by atoms with Crippen molar-refractivity contribution in [2.24, 2.45) is 0 Å². The van der Waals surface area contributed by atoms with E-state index in [2.05, 4.69) is 13.1 Å². The minimum atomic E-state index is -2.47. The molecule has 0 aromatic carbocycles. The lowest BCUT2D eigenvalue weighted by Crippen LogP contribution is -2.76. The van der Waals surface area contributed by atoms with Crippen LogP contribution in [0.1, 0.15) is 6.42 Å². The quantitative estimate of drug-likeness (QED) is 0.551. The predicted octanol–water partition coefficient (Wildman–Crippen LogP) is 2.96. The average Bonchev–Trinajstić information content (AvgIpc) is 2.10. The molecule has 0 fully saturated rings. The maximum atomic E-state index is 10.6. The highest BCUT2D eigenvalue weighted by atomic mass is 35.5. The van der Waals surface area contributed by atoms with Crippen molar-refractivity contribution in [3.05, 3.63) is 0 Å². The first kappa shape index (κ1) is 19.0. The molecule has 0 aliphatic rings. The molecule has 110 valence electrons. The fourth-order valence-electron chi connectivity index (χ4n) is 2.09. The lowest BCUT2D eigenvalue weighted by molar-refractivity contribution is 0.501. The third kappa shape index (κ3) is 4.86. The molecule has 0 aromatic heterocycles. The van der Waals surface area contributed by atoms with E-state index in [1.165, 1.54) is 0 Å². The molecule has 18 heavy (non-hydrogen) atoms. The summed E-state index contributed by atoms with van der Waals surface area (Å²) in [6.45, 7) is 14.0. The predicted molar refractivity (Wildman–Crippen MR) is 89.7 cm³/mol. The number of hydrogen-bond donors (Lipinski definition) is 2. The summed E-state index contributed by atoms with van der Waals surface area (Å²) in [7, 11) is -9.21. The summed E-state index contributed by atoms with van der Waals surface area (Å²) in [5, 5.41) is 0. The summed E-state index contributed by atoms with van der Waals surface area (Å²) in [5.41, 5.74) is 0. The molecule has 0 spiro atoms. The highest BCUT2D eigenvalue weighted by Gasteiger charge is 2.60. The molecule has 0 bridgehead atoms. The molecular formula is C10H29ClO3Si4. The largest absolute Gasteiger partial charge is 0.456 e. The molecule has 0 aromatic rings. The lowest BCUT2D eigenvalue weighted by atomic mass is 10.6. The van der Waals surface area contributed by atoms with Gasteiger partial charge in [-0.1, -0.05) is 0 Å². The van der Waals surface area contributed by atoms with Crippen LogP contribution in [0.4, 0.5) is 0 Å². The Hall–Kier alpha value is 1.04. The molecule has 0 aliphatic heterocycles. The van der Waals surface area contributed by atoms with Gasteiger partial charge in [0.05, 0.1) is 0 Å². The monoisotopic (exact) mass is 344 g/mol. The lowest BCUT2D eigenvalue weighted by Gasteiger charge is -2.47. The first-order chi connectivity index (χ1) is 7.77. The van der Waals surface area contributed by atoms with Gasteiger partial charge >= 0.3 is 0 Å². The van der Waals surface area contributed by atoms with Gasteiger partial charge in [0, 0.05) is 5.88 Å². The van der Waals surface area contributed by atoms with Crippen LogP contribution in [0, 0.1) is 0 Å². The maximum Gasteiger partial charge on any atom is 0.213 e. The van der Waals surface area contributed by atoms with E-state index in [4.69, 9.17) is 15.7 Å². The molecule has 0 unspecified atom stereocenters. The van der Waals surface area contributed by atoms with E-state index in [9.17, 15) is 9.59 Å². The van der Waals surface area contributed by atoms with E-state index in [0.29, 0.717) is 5.88 Å². The fraction of sp³-hybridized carbons (Fsp3) is 1.00. The second-order valence-electron chi connectivity index (χ2n) is 6.81. The molecule has 0 rings (SSSR count). The van der Waals surface area contributed by atoms with E-state index in [-0.39, 0.29) is 0 Å². The van der Waals surface area contributed by atoms with Crippen molar-refractivity contribution in [2.75, 3.05) is 5.88 Å². The Balaban J connectivity index is 5.16. The van der Waals surface area contributed by atoms with Crippen LogP contribution in [0.5, 0.6) is 0 Å². The van der Waals surface area contributed by atoms with E-state index >= 15 is 0 Å². The summed E-state index contributed by atoms with van der Waals surface area (Å²) in [5.74, 6) is 0.651. The Bertz CT molecular complexity index is 259. The highest BCUT2D eigenvalue weighted by molar-refractivity contribution is 7.64. The van der Waals surface area contributed by atoms with Crippen LogP contribution in [0.2, 0.25) is 51.9 Å². The van der Waals surface area contributed by atoms with Crippen LogP contribution in [0.3, 0.4) is 0 Å². The Morgan fingerprint density at radius 1 is 0.889 bits per heavy atom. The zero-order valence-corrected chi connectivity index (χ0v) is 17.6. The van der Waals surface area contributed by atoms with Gasteiger partial charge in [-0.2, -0.15) is 0 Å². The normalized spacial score (nSPS) is 15.0. The molecule has 0 amide bonds. The number of halogens is 1. The van der Waals surface area contributed by atoms with Crippen LogP contribution in [0.15, 0.2) is 0 Å². The third-order valence-electron chi connectivity index (χ3n) is 3.73. The minimum Gasteiger partial charge on any atom is -0.456 e. The van der Waals surface area contributed by atoms with Crippen molar-refractivity contribution in [3.63, 3.8) is 0 Å². The smallest absolute Gasteiger partial charge is 0.213 e. The molecule has 0 aliphatic carbocycles. The molecule has 8 heteroatoms. The van der Waals surface area contributed by atoms with Crippen LogP contribution in [-0.2, 0) is 4.12 Å². The molecule has 0 saturated carbocycles. The molecule has 2 N–H and O–H groups in total. The van der Waals surface area contributed by atoms with Crippen molar-refractivity contribution in [3.8, 4) is 0 Å². The van der Waals surface area contributed by atoms with E-state index < -0.39 is 31.3 Å². The SMILES string of the molecule is C[Si](C)(CCCCl)O[Si](C)([Si](C)(C)O)[Si](C)(C)O. The highest BCUT2D eigenvalue weighted by Crippen LogP contribution is 2.31. The molecule has 0 radical (unpaired) electrons. The summed E-state index contributed by atoms with van der Waals surface area (Å²) in [6.07, 6.45) is 0.950. The van der Waals surface area contributed by atoms with Crippen molar-refractivity contribution in [1.82, 2.24) is 0 Å². The Morgan fingerprint density at radius 3 is 1.56 bits per heavy atom. The summed E-state index contributed by atoms with van der Waals surface area (Å²) < 4.78 is 6.50. The van der Waals surface area contributed by atoms with Gasteiger partial charge in [0.25, 0.3) is 0 Å². The topological polar surface area (TPSA) is 49.7 Å². The van der Waals surface area contributed by atoms with Crippen LogP contribution in [0.25, 0.3) is 0 Å². The molecular weight excluding hydrogens is 316 g/mol. The van der Waals surface area contributed by atoms with Gasteiger partial charge < -0.3 is 13.7 Å². The summed E-state index contributed by atoms with van der Waals surface area (Å²) >= 11 is 5.76. The van der Waals surface area contributed by atoms with E-state index in [0.717, 1.165) is 12.5 Å². The molecule has 0 saturated heterocycles. The van der Waals surface area contributed by atoms with Gasteiger partial charge in [-0.15, -0.1) is 11.6 Å². The summed E-state index contributed by atoms with van der Waals surface area (Å²) in [4.78, 5) is 21.2. The maximum absolute atomic E-state index is 10.6. The number of alkyl halides is 1. The van der Waals surface area contributed by atoms with Gasteiger partial charge in [-0.3, -0.25) is 0 Å². The third-order valence-corrected chi connectivity index (χ3v) is 40.9. The standard InChI is InChI=1S/C10H29ClO3Si4/c1-15(2,10-8-9-11)14-18(7,16(3,4)12)17(5,6)13/h12-13H,8-10H2,1-7H3. The van der Waals surface area contributed by atoms with Crippen molar-refractivity contribution in [1.29, 1.82) is 0 Å². The minimum absolute atomic E-state index is 0.651. The fourth-order valence-corrected chi connectivity index (χ4v) is 39.2. The molecule has 0 heterocycles. The van der Waals surface area contributed by atoms with Crippen LogP contribution in [-0.4, -0.2) is 46.8 Å². The molecule has 0 atom stereocenters. The van der Waals surface area contributed by atoms with Gasteiger partial charge in [0.1, 0.15) is 0 Å². The number of rotatable bonds is 7. The average molecular weight is 345 g/mol. The van der Waals surface area contributed by atoms with Crippen LogP contribution < -0.4 is 0 Å². The molecule has 3 nitrogen and oxygen atoms in total. The zero-order valence-electron chi connectivity index (χ0n) is 12.8. The van der Waals surface area contributed by atoms with Gasteiger partial charge in [0.2, 0.25) is 7.35 Å². The first-order valence-corrected chi connectivity index (χ1v) is 20.4. The Kier molecular flexibility index (Phi) is 6.57. The van der Waals surface area contributed by atoms with Crippen LogP contribution >= 0.6 is 11.6 Å². The van der Waals surface area contributed by atoms with Crippen molar-refractivity contribution >= 4 is 42.9 Å². The van der Waals surface area contributed by atoms with Gasteiger partial charge in [-0.05, 0) is 58.3 Å². The van der Waals surface area contributed by atoms with E-state index in [1.54, 1.807) is 0 Å². The summed E-state index contributed by atoms with van der Waals surface area (Å²) in [6, 6.07) is 0.994. The Labute approximate surface area is 121 Å². The van der Waals surface area contributed by atoms with E-state index in [1.807, 2.05) is 32.7 Å². The zero-order chi connectivity index (χ0) is 14.8. The van der Waals surface area contributed by atoms with Crippen molar-refractivity contribution < 1.29 is 13.7 Å². The van der Waals surface area contributed by atoms with Gasteiger partial charge in [-0.25, -0.2) is 0 Å².